The summed E-state index contributed by atoms with van der Waals surface area (Å²) in [5.74, 6) is -0.704. The molecule has 1 aliphatic rings. The van der Waals surface area contributed by atoms with Crippen LogP contribution in [0.1, 0.15) is 12.1 Å². The van der Waals surface area contributed by atoms with E-state index in [2.05, 4.69) is 5.10 Å². The van der Waals surface area contributed by atoms with Crippen LogP contribution in [0.25, 0.3) is 5.69 Å². The molecule has 16 heteroatoms. The van der Waals surface area contributed by atoms with Crippen molar-refractivity contribution in [3.05, 3.63) is 66.9 Å². The summed E-state index contributed by atoms with van der Waals surface area (Å²) in [5, 5.41) is 13.2. The first kappa shape index (κ1) is 26.0. The number of aromatic hydroxyl groups is 1. The number of benzene rings is 2. The highest BCUT2D eigenvalue weighted by molar-refractivity contribution is 7.89. The molecule has 36 heavy (non-hydrogen) atoms. The Morgan fingerprint density at radius 2 is 1.75 bits per heavy atom. The number of halogens is 4. The van der Waals surface area contributed by atoms with Gasteiger partial charge < -0.3 is 14.6 Å². The molecule has 11 nitrogen and oxygen atoms in total. The number of H-pyrrole nitrogens is 1. The number of hydrogen-bond donors (Lipinski definition) is 2. The second-order valence-corrected chi connectivity index (χ2v) is 10.1. The maximum atomic E-state index is 13.0. The summed E-state index contributed by atoms with van der Waals surface area (Å²) >= 11 is 12.5. The van der Waals surface area contributed by atoms with Crippen molar-refractivity contribution in [2.45, 2.75) is 11.3 Å². The molecule has 2 heterocycles. The molecular formula is C20H16Cl2F2N4O7S. The first-order valence-electron chi connectivity index (χ1n) is 10.1. The highest BCUT2D eigenvalue weighted by atomic mass is 35.5. The van der Waals surface area contributed by atoms with E-state index in [0.29, 0.717) is 4.68 Å². The van der Waals surface area contributed by atoms with Gasteiger partial charge in [-0.05, 0) is 24.3 Å². The number of phenols is 1. The number of rotatable bonds is 6. The molecule has 3 aromatic rings. The molecular weight excluding hydrogens is 549 g/mol. The average Bonchev–Trinajstić information content (AvgIpc) is 2.82. The standard InChI is InChI=1S/C20H16Cl2F2N4O7S/c21-12-7-10(28-20(31)25-19(30)16(26-28)18(23)24)8-13(22)17(12)35-11-1-2-14(29)15(9-11)36(32,33)27-3-5-34-6-4-27/h1-2,7-9,18,29H,3-6H2,(H,25,30,31). The third kappa shape index (κ3) is 5.08. The van der Waals surface area contributed by atoms with Gasteiger partial charge in [0.2, 0.25) is 10.0 Å². The molecule has 192 valence electrons. The van der Waals surface area contributed by atoms with Crippen molar-refractivity contribution in [1.82, 2.24) is 19.1 Å². The van der Waals surface area contributed by atoms with Gasteiger partial charge in [0.05, 0.1) is 28.9 Å². The van der Waals surface area contributed by atoms with Gasteiger partial charge in [0.1, 0.15) is 16.4 Å². The molecule has 2 aromatic carbocycles. The summed E-state index contributed by atoms with van der Waals surface area (Å²) in [6.07, 6.45) is -3.24. The van der Waals surface area contributed by atoms with E-state index in [1.54, 1.807) is 4.98 Å². The summed E-state index contributed by atoms with van der Waals surface area (Å²) in [6, 6.07) is 5.72. The summed E-state index contributed by atoms with van der Waals surface area (Å²) in [6.45, 7) is 0.633. The van der Waals surface area contributed by atoms with Gasteiger partial charge in [-0.3, -0.25) is 9.78 Å². The lowest BCUT2D eigenvalue weighted by Crippen LogP contribution is -2.40. The average molecular weight is 565 g/mol. The number of alkyl halides is 2. The van der Waals surface area contributed by atoms with Crippen LogP contribution in [0.2, 0.25) is 10.0 Å². The van der Waals surface area contributed by atoms with Crippen molar-refractivity contribution in [2.75, 3.05) is 26.3 Å². The molecule has 1 aromatic heterocycles. The smallest absolute Gasteiger partial charge is 0.349 e. The minimum Gasteiger partial charge on any atom is -0.507 e. The quantitative estimate of drug-likeness (QED) is 0.465. The van der Waals surface area contributed by atoms with E-state index in [1.807, 2.05) is 0 Å². The third-order valence-electron chi connectivity index (χ3n) is 5.03. The van der Waals surface area contributed by atoms with Gasteiger partial charge in [-0.25, -0.2) is 22.0 Å². The number of sulfonamides is 1. The summed E-state index contributed by atoms with van der Waals surface area (Å²) < 4.78 is 64.5. The summed E-state index contributed by atoms with van der Waals surface area (Å²) in [7, 11) is -4.07. The van der Waals surface area contributed by atoms with Crippen molar-refractivity contribution in [3.63, 3.8) is 0 Å². The fourth-order valence-electron chi connectivity index (χ4n) is 3.31. The normalized spacial score (nSPS) is 14.8. The van der Waals surface area contributed by atoms with Crippen molar-refractivity contribution in [3.8, 4) is 22.9 Å². The number of nitrogens with one attached hydrogen (secondary N) is 1. The number of phenolic OH excluding ortho intramolecular Hbond substituents is 1. The van der Waals surface area contributed by atoms with Crippen LogP contribution in [0.5, 0.6) is 17.2 Å². The molecule has 2 N–H and O–H groups in total. The minimum absolute atomic E-state index is 0.0458. The molecule has 0 saturated carbocycles. The number of morpholine rings is 1. The van der Waals surface area contributed by atoms with Gasteiger partial charge in [-0.2, -0.15) is 14.1 Å². The first-order valence-corrected chi connectivity index (χ1v) is 12.3. The zero-order chi connectivity index (χ0) is 26.2. The third-order valence-corrected chi connectivity index (χ3v) is 7.52. The monoisotopic (exact) mass is 564 g/mol. The Morgan fingerprint density at radius 3 is 2.36 bits per heavy atom. The zero-order valence-electron chi connectivity index (χ0n) is 18.0. The van der Waals surface area contributed by atoms with Gasteiger partial charge in [0.25, 0.3) is 12.0 Å². The summed E-state index contributed by atoms with van der Waals surface area (Å²) in [5.41, 5.74) is -3.78. The lowest BCUT2D eigenvalue weighted by molar-refractivity contribution is 0.0729. The molecule has 1 aliphatic heterocycles. The van der Waals surface area contributed by atoms with E-state index in [0.717, 1.165) is 28.6 Å². The van der Waals surface area contributed by atoms with Gasteiger partial charge in [0.15, 0.2) is 11.4 Å². The highest BCUT2D eigenvalue weighted by Gasteiger charge is 2.29. The number of aromatic nitrogens is 3. The van der Waals surface area contributed by atoms with Crippen molar-refractivity contribution >= 4 is 33.2 Å². The SMILES string of the molecule is O=c1[nH]c(=O)n(-c2cc(Cl)c(Oc3ccc(O)c(S(=O)(=O)N4CCOCC4)c3)c(Cl)c2)nc1C(F)F. The van der Waals surface area contributed by atoms with Crippen molar-refractivity contribution in [1.29, 1.82) is 0 Å². The molecule has 0 unspecified atom stereocenters. The van der Waals surface area contributed by atoms with E-state index in [4.69, 9.17) is 32.7 Å². The largest absolute Gasteiger partial charge is 0.507 e. The highest BCUT2D eigenvalue weighted by Crippen LogP contribution is 2.40. The number of hydrogen-bond acceptors (Lipinski definition) is 8. The predicted octanol–water partition coefficient (Wildman–Crippen LogP) is 2.68. The predicted molar refractivity (Wildman–Crippen MR) is 123 cm³/mol. The Kier molecular flexibility index (Phi) is 7.33. The molecule has 0 bridgehead atoms. The Balaban J connectivity index is 1.69. The second-order valence-electron chi connectivity index (χ2n) is 7.34. The van der Waals surface area contributed by atoms with E-state index < -0.39 is 44.0 Å². The van der Waals surface area contributed by atoms with Crippen LogP contribution in [0.3, 0.4) is 0 Å². The molecule has 0 amide bonds. The maximum Gasteiger partial charge on any atom is 0.349 e. The maximum absolute atomic E-state index is 13.0. The molecule has 0 aliphatic carbocycles. The zero-order valence-corrected chi connectivity index (χ0v) is 20.3. The van der Waals surface area contributed by atoms with Gasteiger partial charge in [-0.1, -0.05) is 23.2 Å². The fraction of sp³-hybridized carbons (Fsp3) is 0.250. The molecule has 4 rings (SSSR count). The van der Waals surface area contributed by atoms with Gasteiger partial charge in [0, 0.05) is 19.2 Å². The molecule has 1 fully saturated rings. The van der Waals surface area contributed by atoms with Crippen LogP contribution in [-0.2, 0) is 14.8 Å². The van der Waals surface area contributed by atoms with Crippen LogP contribution in [-0.4, -0.2) is 58.9 Å². The molecule has 0 spiro atoms. The Hall–Kier alpha value is -3.04. The second kappa shape index (κ2) is 10.1. The lowest BCUT2D eigenvalue weighted by Gasteiger charge is -2.26. The number of ether oxygens (including phenoxy) is 2. The van der Waals surface area contributed by atoms with Gasteiger partial charge in [-0.15, -0.1) is 0 Å². The lowest BCUT2D eigenvalue weighted by atomic mass is 10.3. The van der Waals surface area contributed by atoms with Crippen molar-refractivity contribution in [2.24, 2.45) is 0 Å². The summed E-state index contributed by atoms with van der Waals surface area (Å²) in [4.78, 5) is 24.9. The van der Waals surface area contributed by atoms with Gasteiger partial charge >= 0.3 is 5.69 Å². The van der Waals surface area contributed by atoms with Crippen LogP contribution in [0.4, 0.5) is 8.78 Å². The van der Waals surface area contributed by atoms with E-state index in [1.165, 1.54) is 6.07 Å². The molecule has 0 radical (unpaired) electrons. The molecule has 0 atom stereocenters. The first-order chi connectivity index (χ1) is 17.0. The number of aromatic amines is 1. The van der Waals surface area contributed by atoms with E-state index in [-0.39, 0.29) is 53.5 Å². The van der Waals surface area contributed by atoms with Crippen LogP contribution < -0.4 is 16.0 Å². The molecule has 1 saturated heterocycles. The topological polar surface area (TPSA) is 144 Å². The Labute approximate surface area is 211 Å². The van der Waals surface area contributed by atoms with Crippen molar-refractivity contribution < 1.29 is 31.8 Å². The number of nitrogens with zero attached hydrogens (tertiary/aromatic N) is 3. The van der Waals surface area contributed by atoms with E-state index >= 15 is 0 Å². The van der Waals surface area contributed by atoms with Crippen LogP contribution >= 0.6 is 23.2 Å². The van der Waals surface area contributed by atoms with Crippen LogP contribution in [0, 0.1) is 0 Å². The van der Waals surface area contributed by atoms with E-state index in [9.17, 15) is 31.9 Å². The van der Waals surface area contributed by atoms with Crippen LogP contribution in [0.15, 0.2) is 44.8 Å². The Bertz CT molecular complexity index is 1520. The fourth-order valence-corrected chi connectivity index (χ4v) is 5.36. The Morgan fingerprint density at radius 1 is 1.11 bits per heavy atom. The minimum atomic E-state index is -4.07.